The number of nitrogens with zero attached hydrogens (tertiary/aromatic N) is 1. The van der Waals surface area contributed by atoms with Crippen LogP contribution in [0, 0.1) is 16.0 Å². The van der Waals surface area contributed by atoms with E-state index >= 15 is 0 Å². The molecule has 0 amide bonds. The van der Waals surface area contributed by atoms with Crippen LogP contribution in [0.4, 0.5) is 5.69 Å². The Hall–Kier alpha value is -1.30. The lowest BCUT2D eigenvalue weighted by Gasteiger charge is -2.25. The number of carbonyl (C=O) groups excluding carboxylic acids is 1. The zero-order chi connectivity index (χ0) is 13.8. The number of rotatable bonds is 5. The lowest BCUT2D eigenvalue weighted by Crippen LogP contribution is -2.17. The zero-order valence-corrected chi connectivity index (χ0v) is 11.7. The number of carbonyl (C=O) groups is 1. The number of H-pyrrole nitrogens is 1. The van der Waals surface area contributed by atoms with Crippen molar-refractivity contribution in [1.82, 2.24) is 4.98 Å². The summed E-state index contributed by atoms with van der Waals surface area (Å²) in [6.45, 7) is 2.25. The van der Waals surface area contributed by atoms with E-state index in [1.807, 2.05) is 0 Å². The summed E-state index contributed by atoms with van der Waals surface area (Å²) in [5.74, 6) is 1.08. The van der Waals surface area contributed by atoms with E-state index in [1.54, 1.807) is 11.8 Å². The van der Waals surface area contributed by atoms with Crippen molar-refractivity contribution < 1.29 is 9.72 Å². The van der Waals surface area contributed by atoms with Gasteiger partial charge in [-0.15, -0.1) is 0 Å². The van der Waals surface area contributed by atoms with Crippen molar-refractivity contribution in [2.24, 2.45) is 5.92 Å². The quantitative estimate of drug-likeness (QED) is 0.510. The second-order valence-electron chi connectivity index (χ2n) is 5.16. The summed E-state index contributed by atoms with van der Waals surface area (Å²) in [4.78, 5) is 24.7. The van der Waals surface area contributed by atoms with Gasteiger partial charge in [-0.05, 0) is 18.8 Å². The van der Waals surface area contributed by atoms with E-state index < -0.39 is 4.92 Å². The highest BCUT2D eigenvalue weighted by molar-refractivity contribution is 8.00. The molecule has 1 heterocycles. The molecule has 0 bridgehead atoms. The van der Waals surface area contributed by atoms with Gasteiger partial charge >= 0.3 is 0 Å². The van der Waals surface area contributed by atoms with Gasteiger partial charge in [0.15, 0.2) is 5.78 Å². The second-order valence-corrected chi connectivity index (χ2v) is 6.45. The number of ketones is 1. The molecule has 19 heavy (non-hydrogen) atoms. The second kappa shape index (κ2) is 6.23. The molecule has 104 valence electrons. The monoisotopic (exact) mass is 282 g/mol. The molecule has 1 aromatic rings. The van der Waals surface area contributed by atoms with E-state index in [1.165, 1.54) is 37.9 Å². The molecule has 2 unspecified atom stereocenters. The molecule has 0 radical (unpaired) electrons. The van der Waals surface area contributed by atoms with Crippen molar-refractivity contribution in [3.8, 4) is 0 Å². The van der Waals surface area contributed by atoms with Gasteiger partial charge in [0.2, 0.25) is 0 Å². The molecule has 1 aromatic heterocycles. The van der Waals surface area contributed by atoms with E-state index in [0.29, 0.717) is 16.7 Å². The Morgan fingerprint density at radius 2 is 2.37 bits per heavy atom. The van der Waals surface area contributed by atoms with Crippen LogP contribution in [0.1, 0.15) is 43.1 Å². The van der Waals surface area contributed by atoms with E-state index in [0.717, 1.165) is 5.92 Å². The Morgan fingerprint density at radius 1 is 1.58 bits per heavy atom. The molecule has 2 rings (SSSR count). The zero-order valence-electron chi connectivity index (χ0n) is 10.9. The number of aromatic amines is 1. The van der Waals surface area contributed by atoms with E-state index in [-0.39, 0.29) is 11.5 Å². The van der Waals surface area contributed by atoms with Crippen LogP contribution >= 0.6 is 11.8 Å². The first-order chi connectivity index (χ1) is 9.06. The number of Topliss-reactive ketones (excluding diaryl/α,β-unsaturated/α-hetero) is 1. The summed E-state index contributed by atoms with van der Waals surface area (Å²) in [5, 5.41) is 11.1. The molecule has 6 heteroatoms. The first-order valence-electron chi connectivity index (χ1n) is 6.54. The minimum atomic E-state index is -0.497. The predicted octanol–water partition coefficient (Wildman–Crippen LogP) is 3.42. The Bertz CT molecular complexity index is 472. The maximum Gasteiger partial charge on any atom is 0.287 e. The molecule has 5 nitrogen and oxygen atoms in total. The summed E-state index contributed by atoms with van der Waals surface area (Å²) in [6, 6.07) is 1.31. The molecule has 1 saturated carbocycles. The highest BCUT2D eigenvalue weighted by atomic mass is 32.2. The van der Waals surface area contributed by atoms with Crippen LogP contribution in [0.5, 0.6) is 0 Å². The molecule has 1 N–H and O–H groups in total. The van der Waals surface area contributed by atoms with Crippen molar-refractivity contribution in [2.45, 2.75) is 37.9 Å². The van der Waals surface area contributed by atoms with E-state index in [4.69, 9.17) is 0 Å². The maximum absolute atomic E-state index is 11.9. The lowest BCUT2D eigenvalue weighted by atomic mass is 9.91. The standard InChI is InChI=1S/C13H18N2O3S/c1-9-3-2-4-11(5-9)19-8-13(16)12-6-10(7-14-12)15(17)18/h6-7,9,11,14H,2-5,8H2,1H3. The SMILES string of the molecule is CC1CCCC(SCC(=O)c2cc([N+](=O)[O-])c[nH]2)C1. The third-order valence-electron chi connectivity index (χ3n) is 3.52. The number of thioether (sulfide) groups is 1. The summed E-state index contributed by atoms with van der Waals surface area (Å²) in [7, 11) is 0. The van der Waals surface area contributed by atoms with Crippen molar-refractivity contribution >= 4 is 23.2 Å². The molecular weight excluding hydrogens is 264 g/mol. The molecule has 0 aromatic carbocycles. The van der Waals surface area contributed by atoms with Crippen LogP contribution in [-0.2, 0) is 0 Å². The van der Waals surface area contributed by atoms with Crippen LogP contribution in [0.25, 0.3) is 0 Å². The number of hydrogen-bond donors (Lipinski definition) is 1. The predicted molar refractivity (Wildman–Crippen MR) is 75.7 cm³/mol. The number of hydrogen-bond acceptors (Lipinski definition) is 4. The Morgan fingerprint density at radius 3 is 3.00 bits per heavy atom. The molecule has 0 aliphatic heterocycles. The van der Waals surface area contributed by atoms with Gasteiger partial charge in [0, 0.05) is 11.3 Å². The minimum absolute atomic E-state index is 0.0559. The van der Waals surface area contributed by atoms with Crippen molar-refractivity contribution in [2.75, 3.05) is 5.75 Å². The third-order valence-corrected chi connectivity index (χ3v) is 4.85. The van der Waals surface area contributed by atoms with E-state index in [9.17, 15) is 14.9 Å². The third kappa shape index (κ3) is 3.83. The average Bonchev–Trinajstić information content (AvgIpc) is 2.86. The van der Waals surface area contributed by atoms with Gasteiger partial charge in [0.05, 0.1) is 22.6 Å². The molecule has 2 atom stereocenters. The number of aromatic nitrogens is 1. The van der Waals surface area contributed by atoms with Crippen molar-refractivity contribution in [3.05, 3.63) is 28.1 Å². The fourth-order valence-corrected chi connectivity index (χ4v) is 3.79. The molecular formula is C13H18N2O3S. The van der Waals surface area contributed by atoms with Gasteiger partial charge in [0.25, 0.3) is 5.69 Å². The van der Waals surface area contributed by atoms with Gasteiger partial charge in [-0.3, -0.25) is 14.9 Å². The Kier molecular flexibility index (Phi) is 4.63. The van der Waals surface area contributed by atoms with Crippen LogP contribution in [0.3, 0.4) is 0 Å². The normalized spacial score (nSPS) is 23.2. The molecule has 1 fully saturated rings. The van der Waals surface area contributed by atoms with Gasteiger partial charge in [-0.2, -0.15) is 11.8 Å². The van der Waals surface area contributed by atoms with Crippen LogP contribution in [0.15, 0.2) is 12.3 Å². The van der Waals surface area contributed by atoms with Gasteiger partial charge < -0.3 is 4.98 Å². The fraction of sp³-hybridized carbons (Fsp3) is 0.615. The molecule has 0 spiro atoms. The van der Waals surface area contributed by atoms with Gasteiger partial charge in [-0.1, -0.05) is 19.8 Å². The molecule has 1 aliphatic carbocycles. The average molecular weight is 282 g/mol. The highest BCUT2D eigenvalue weighted by Crippen LogP contribution is 2.32. The van der Waals surface area contributed by atoms with Crippen LogP contribution < -0.4 is 0 Å². The van der Waals surface area contributed by atoms with Gasteiger partial charge in [0.1, 0.15) is 0 Å². The number of nitrogens with one attached hydrogen (secondary N) is 1. The first-order valence-corrected chi connectivity index (χ1v) is 7.58. The summed E-state index contributed by atoms with van der Waals surface area (Å²) in [6.07, 6.45) is 6.13. The summed E-state index contributed by atoms with van der Waals surface area (Å²) < 4.78 is 0. The smallest absolute Gasteiger partial charge is 0.287 e. The molecule has 0 saturated heterocycles. The summed E-state index contributed by atoms with van der Waals surface area (Å²) in [5.41, 5.74) is 0.280. The fourth-order valence-electron chi connectivity index (χ4n) is 2.45. The Balaban J connectivity index is 1.85. The van der Waals surface area contributed by atoms with Crippen molar-refractivity contribution in [1.29, 1.82) is 0 Å². The molecule has 1 aliphatic rings. The lowest BCUT2D eigenvalue weighted by molar-refractivity contribution is -0.384. The maximum atomic E-state index is 11.9. The minimum Gasteiger partial charge on any atom is -0.353 e. The van der Waals surface area contributed by atoms with Crippen molar-refractivity contribution in [3.63, 3.8) is 0 Å². The van der Waals surface area contributed by atoms with E-state index in [2.05, 4.69) is 11.9 Å². The first kappa shape index (κ1) is 14.1. The van der Waals surface area contributed by atoms with Crippen LogP contribution in [0.2, 0.25) is 0 Å². The highest BCUT2D eigenvalue weighted by Gasteiger charge is 2.21. The largest absolute Gasteiger partial charge is 0.353 e. The van der Waals surface area contributed by atoms with Crippen LogP contribution in [-0.4, -0.2) is 26.7 Å². The topological polar surface area (TPSA) is 76.0 Å². The number of nitro groups is 1. The Labute approximate surface area is 116 Å². The van der Waals surface area contributed by atoms with Gasteiger partial charge in [-0.25, -0.2) is 0 Å². The summed E-state index contributed by atoms with van der Waals surface area (Å²) >= 11 is 1.68.